The highest BCUT2D eigenvalue weighted by Crippen LogP contribution is 2.31. The minimum absolute atomic E-state index is 0.0953. The Labute approximate surface area is 105 Å². The van der Waals surface area contributed by atoms with Gasteiger partial charge < -0.3 is 16.2 Å². The number of nitrogen functional groups attached to an aromatic ring is 2. The van der Waals surface area contributed by atoms with Gasteiger partial charge in [0.15, 0.2) is 11.5 Å². The molecule has 4 heteroatoms. The number of rotatable bonds is 3. The molecule has 92 valence electrons. The lowest BCUT2D eigenvalue weighted by atomic mass is 10.1. The molecular weight excluding hydrogens is 228 g/mol. The van der Waals surface area contributed by atoms with Crippen molar-refractivity contribution < 1.29 is 9.53 Å². The van der Waals surface area contributed by atoms with Crippen LogP contribution in [-0.4, -0.2) is 5.78 Å². The highest BCUT2D eigenvalue weighted by atomic mass is 16.5. The fourth-order valence-electron chi connectivity index (χ4n) is 1.62. The van der Waals surface area contributed by atoms with Crippen molar-refractivity contribution in [2.45, 2.75) is 6.92 Å². The van der Waals surface area contributed by atoms with Crippen molar-refractivity contribution in [1.29, 1.82) is 0 Å². The summed E-state index contributed by atoms with van der Waals surface area (Å²) in [5, 5.41) is 1.70. The van der Waals surface area contributed by atoms with Crippen molar-refractivity contribution in [2.24, 2.45) is 0 Å². The fraction of sp³-hybridized carbons (Fsp3) is 0.0714. The zero-order valence-corrected chi connectivity index (χ0v) is 10.1. The third-order valence-corrected chi connectivity index (χ3v) is 2.67. The van der Waals surface area contributed by atoms with Gasteiger partial charge in [0.05, 0.1) is 11.4 Å². The lowest BCUT2D eigenvalue weighted by molar-refractivity contribution is -0.115. The van der Waals surface area contributed by atoms with Gasteiger partial charge >= 0.3 is 0 Å². The third-order valence-electron chi connectivity index (χ3n) is 2.67. The van der Waals surface area contributed by atoms with E-state index >= 15 is 0 Å². The molecule has 0 aliphatic rings. The molecule has 0 fully saturated rings. The van der Waals surface area contributed by atoms with Crippen LogP contribution in [0.5, 0.6) is 5.75 Å². The topological polar surface area (TPSA) is 78.3 Å². The van der Waals surface area contributed by atoms with Crippen LogP contribution < -0.4 is 16.2 Å². The van der Waals surface area contributed by atoms with Crippen molar-refractivity contribution in [1.82, 2.24) is 0 Å². The normalized spacial score (nSPS) is 10.3. The first-order valence-corrected chi connectivity index (χ1v) is 5.44. The Morgan fingerprint density at radius 2 is 1.89 bits per heavy atom. The first-order chi connectivity index (χ1) is 8.49. The molecule has 0 heterocycles. The van der Waals surface area contributed by atoms with Crippen LogP contribution in [0.1, 0.15) is 6.92 Å². The largest absolute Gasteiger partial charge is 0.454 e. The van der Waals surface area contributed by atoms with E-state index in [1.807, 2.05) is 12.1 Å². The van der Waals surface area contributed by atoms with E-state index in [4.69, 9.17) is 16.2 Å². The van der Waals surface area contributed by atoms with Crippen molar-refractivity contribution in [2.75, 3.05) is 11.5 Å². The molecule has 0 aliphatic carbocycles. The van der Waals surface area contributed by atoms with Gasteiger partial charge in [0.1, 0.15) is 5.75 Å². The number of hydrogen-bond acceptors (Lipinski definition) is 4. The number of carbonyl (C=O) groups excluding carboxylic acids is 1. The number of carbonyl (C=O) groups is 1. The Morgan fingerprint density at radius 3 is 2.56 bits per heavy atom. The van der Waals surface area contributed by atoms with Gasteiger partial charge in [0.2, 0.25) is 0 Å². The molecule has 2 rings (SSSR count). The Balaban J connectivity index is 2.54. The second-order valence-corrected chi connectivity index (χ2v) is 4.04. The predicted octanol–water partition coefficient (Wildman–Crippen LogP) is 2.49. The van der Waals surface area contributed by atoms with Gasteiger partial charge in [-0.3, -0.25) is 4.79 Å². The van der Waals surface area contributed by atoms with Gasteiger partial charge in [-0.15, -0.1) is 0 Å². The molecule has 0 spiro atoms. The van der Waals surface area contributed by atoms with E-state index in [1.165, 1.54) is 6.92 Å². The molecule has 0 unspecified atom stereocenters. The van der Waals surface area contributed by atoms with Gasteiger partial charge in [0, 0.05) is 12.3 Å². The van der Waals surface area contributed by atoms with Crippen LogP contribution >= 0.6 is 0 Å². The van der Waals surface area contributed by atoms with Crippen molar-refractivity contribution in [3.63, 3.8) is 0 Å². The molecular formula is C14H14N2O2. The predicted molar refractivity (Wildman–Crippen MR) is 73.2 cm³/mol. The van der Waals surface area contributed by atoms with Crippen molar-refractivity contribution >= 4 is 27.9 Å². The number of allylic oxidation sites excluding steroid dienone is 1. The summed E-state index contributed by atoms with van der Waals surface area (Å²) in [6, 6.07) is 8.97. The Kier molecular flexibility index (Phi) is 2.93. The van der Waals surface area contributed by atoms with Crippen LogP contribution in [0.15, 0.2) is 42.7 Å². The summed E-state index contributed by atoms with van der Waals surface area (Å²) in [6.07, 6.45) is 0. The molecule has 0 bridgehead atoms. The van der Waals surface area contributed by atoms with E-state index in [0.29, 0.717) is 17.1 Å². The molecule has 4 N–H and O–H groups in total. The average molecular weight is 242 g/mol. The van der Waals surface area contributed by atoms with Crippen LogP contribution in [0, 0.1) is 0 Å². The van der Waals surface area contributed by atoms with Gasteiger partial charge in [-0.2, -0.15) is 0 Å². The SMILES string of the molecule is C=C(Oc1cccc2cc(N)c(N)cc12)C(C)=O. The summed E-state index contributed by atoms with van der Waals surface area (Å²) in [4.78, 5) is 11.1. The summed E-state index contributed by atoms with van der Waals surface area (Å²) in [6.45, 7) is 4.97. The van der Waals surface area contributed by atoms with E-state index in [1.54, 1.807) is 18.2 Å². The van der Waals surface area contributed by atoms with E-state index in [0.717, 1.165) is 10.8 Å². The maximum Gasteiger partial charge on any atom is 0.194 e. The molecule has 0 aliphatic heterocycles. The fourth-order valence-corrected chi connectivity index (χ4v) is 1.62. The van der Waals surface area contributed by atoms with E-state index < -0.39 is 0 Å². The number of anilines is 2. The maximum absolute atomic E-state index is 11.1. The van der Waals surface area contributed by atoms with Crippen LogP contribution in [-0.2, 0) is 4.79 Å². The lowest BCUT2D eigenvalue weighted by Gasteiger charge is -2.10. The van der Waals surface area contributed by atoms with Crippen molar-refractivity contribution in [3.8, 4) is 5.75 Å². The number of ketones is 1. The van der Waals surface area contributed by atoms with Gasteiger partial charge in [0.25, 0.3) is 0 Å². The first-order valence-electron chi connectivity index (χ1n) is 5.44. The minimum atomic E-state index is -0.213. The minimum Gasteiger partial charge on any atom is -0.454 e. The standard InChI is InChI=1S/C14H14N2O2/c1-8(17)9(2)18-14-5-3-4-10-6-12(15)13(16)7-11(10)14/h3-7H,2,15-16H2,1H3. The van der Waals surface area contributed by atoms with Gasteiger partial charge in [-0.1, -0.05) is 18.7 Å². The summed E-state index contributed by atoms with van der Waals surface area (Å²) >= 11 is 0. The molecule has 2 aromatic rings. The summed E-state index contributed by atoms with van der Waals surface area (Å²) < 4.78 is 5.44. The Morgan fingerprint density at radius 1 is 1.22 bits per heavy atom. The summed E-state index contributed by atoms with van der Waals surface area (Å²) in [5.74, 6) is 0.424. The van der Waals surface area contributed by atoms with Crippen molar-refractivity contribution in [3.05, 3.63) is 42.7 Å². The number of hydrogen-bond donors (Lipinski definition) is 2. The van der Waals surface area contributed by atoms with Crippen LogP contribution in [0.25, 0.3) is 10.8 Å². The monoisotopic (exact) mass is 242 g/mol. The van der Waals surface area contributed by atoms with Crippen LogP contribution in [0.3, 0.4) is 0 Å². The molecule has 0 radical (unpaired) electrons. The second kappa shape index (κ2) is 4.41. The maximum atomic E-state index is 11.1. The van der Waals surface area contributed by atoms with Gasteiger partial charge in [-0.05, 0) is 23.6 Å². The quantitative estimate of drug-likeness (QED) is 0.492. The highest BCUT2D eigenvalue weighted by molar-refractivity contribution is 5.96. The first kappa shape index (κ1) is 12.0. The molecule has 18 heavy (non-hydrogen) atoms. The highest BCUT2D eigenvalue weighted by Gasteiger charge is 2.08. The van der Waals surface area contributed by atoms with E-state index in [9.17, 15) is 4.79 Å². The summed E-state index contributed by atoms with van der Waals surface area (Å²) in [7, 11) is 0. The molecule has 4 nitrogen and oxygen atoms in total. The molecule has 0 atom stereocenters. The molecule has 0 aromatic heterocycles. The number of ether oxygens (including phenoxy) is 1. The zero-order chi connectivity index (χ0) is 13.3. The zero-order valence-electron chi connectivity index (χ0n) is 10.1. The second-order valence-electron chi connectivity index (χ2n) is 4.04. The van der Waals surface area contributed by atoms with E-state index in [2.05, 4.69) is 6.58 Å². The smallest absolute Gasteiger partial charge is 0.194 e. The third kappa shape index (κ3) is 2.13. The van der Waals surface area contributed by atoms with Crippen LogP contribution in [0.2, 0.25) is 0 Å². The molecule has 0 saturated carbocycles. The van der Waals surface area contributed by atoms with Gasteiger partial charge in [-0.25, -0.2) is 0 Å². The van der Waals surface area contributed by atoms with Crippen LogP contribution in [0.4, 0.5) is 11.4 Å². The average Bonchev–Trinajstić information content (AvgIpc) is 2.31. The number of nitrogens with two attached hydrogens (primary N) is 2. The number of fused-ring (bicyclic) bond motifs is 1. The molecule has 2 aromatic carbocycles. The lowest BCUT2D eigenvalue weighted by Crippen LogP contribution is -2.03. The van der Waals surface area contributed by atoms with E-state index in [-0.39, 0.29) is 11.5 Å². The summed E-state index contributed by atoms with van der Waals surface area (Å²) in [5.41, 5.74) is 12.5. The Bertz CT molecular complexity index is 648. The number of Topliss-reactive ketones (excluding diaryl/α,β-unsaturated/α-hetero) is 1. The molecule has 0 saturated heterocycles. The number of benzene rings is 2. The Hall–Kier alpha value is -2.49. The molecule has 0 amide bonds.